The highest BCUT2D eigenvalue weighted by Crippen LogP contribution is 2.31. The second-order valence-corrected chi connectivity index (χ2v) is 9.99. The van der Waals surface area contributed by atoms with Gasteiger partial charge in [0, 0.05) is 32.0 Å². The van der Waals surface area contributed by atoms with Crippen molar-refractivity contribution in [2.24, 2.45) is 0 Å². The van der Waals surface area contributed by atoms with Gasteiger partial charge in [-0.15, -0.1) is 0 Å². The number of hydrogen-bond acceptors (Lipinski definition) is 3. The van der Waals surface area contributed by atoms with Gasteiger partial charge in [0.2, 0.25) is 0 Å². The summed E-state index contributed by atoms with van der Waals surface area (Å²) >= 11 is 12.7. The SMILES string of the molecule is C[C@H](c1ccccc1)N(Cc1cc(NC(=O)c2ccccc2Cl)ccc1N(C)C)C(=O)c1ccccc1Cl. The molecule has 0 aliphatic heterocycles. The highest BCUT2D eigenvalue weighted by Gasteiger charge is 2.26. The zero-order chi connectivity index (χ0) is 27.2. The molecule has 0 fully saturated rings. The lowest BCUT2D eigenvalue weighted by atomic mass is 10.0. The Balaban J connectivity index is 1.72. The van der Waals surface area contributed by atoms with E-state index < -0.39 is 0 Å². The molecule has 1 N–H and O–H groups in total. The summed E-state index contributed by atoms with van der Waals surface area (Å²) in [6.45, 7) is 2.30. The Kier molecular flexibility index (Phi) is 8.72. The van der Waals surface area contributed by atoms with Crippen molar-refractivity contribution in [2.75, 3.05) is 24.3 Å². The molecular weight excluding hydrogens is 517 g/mol. The van der Waals surface area contributed by atoms with E-state index in [1.165, 1.54) is 0 Å². The van der Waals surface area contributed by atoms with Crippen molar-refractivity contribution >= 4 is 46.4 Å². The maximum absolute atomic E-state index is 13.9. The fourth-order valence-electron chi connectivity index (χ4n) is 4.34. The minimum absolute atomic E-state index is 0.179. The van der Waals surface area contributed by atoms with Gasteiger partial charge < -0.3 is 15.1 Å². The van der Waals surface area contributed by atoms with Crippen LogP contribution in [0.2, 0.25) is 10.0 Å². The lowest BCUT2D eigenvalue weighted by Gasteiger charge is -2.32. The number of hydrogen-bond donors (Lipinski definition) is 1. The first kappa shape index (κ1) is 27.2. The quantitative estimate of drug-likeness (QED) is 0.246. The number of carbonyl (C=O) groups excluding carboxylic acids is 2. The molecule has 0 radical (unpaired) electrons. The molecule has 0 spiro atoms. The fourth-order valence-corrected chi connectivity index (χ4v) is 4.78. The van der Waals surface area contributed by atoms with Gasteiger partial charge in [-0.25, -0.2) is 0 Å². The van der Waals surface area contributed by atoms with Crippen LogP contribution < -0.4 is 10.2 Å². The summed E-state index contributed by atoms with van der Waals surface area (Å²) in [4.78, 5) is 30.6. The predicted octanol–water partition coefficient (Wildman–Crippen LogP) is 7.72. The third-order valence-corrected chi connectivity index (χ3v) is 7.05. The molecule has 2 amide bonds. The van der Waals surface area contributed by atoms with Gasteiger partial charge in [0.15, 0.2) is 0 Å². The maximum Gasteiger partial charge on any atom is 0.257 e. The number of nitrogens with zero attached hydrogens (tertiary/aromatic N) is 2. The van der Waals surface area contributed by atoms with Crippen molar-refractivity contribution in [3.8, 4) is 0 Å². The third kappa shape index (κ3) is 6.18. The van der Waals surface area contributed by atoms with Crippen LogP contribution in [0.5, 0.6) is 0 Å². The van der Waals surface area contributed by atoms with Crippen molar-refractivity contribution in [1.82, 2.24) is 4.90 Å². The first-order valence-electron chi connectivity index (χ1n) is 12.2. The van der Waals surface area contributed by atoms with Gasteiger partial charge in [-0.05, 0) is 60.5 Å². The van der Waals surface area contributed by atoms with Gasteiger partial charge in [0.05, 0.1) is 27.2 Å². The Morgan fingerprint density at radius 3 is 1.97 bits per heavy atom. The van der Waals surface area contributed by atoms with E-state index in [2.05, 4.69) is 5.32 Å². The van der Waals surface area contributed by atoms with Gasteiger partial charge in [-0.2, -0.15) is 0 Å². The number of halogens is 2. The minimum atomic E-state index is -0.305. The van der Waals surface area contributed by atoms with Gasteiger partial charge >= 0.3 is 0 Å². The molecule has 0 bridgehead atoms. The first-order valence-corrected chi connectivity index (χ1v) is 13.0. The molecule has 7 heteroatoms. The average molecular weight is 546 g/mol. The second-order valence-electron chi connectivity index (χ2n) is 9.17. The van der Waals surface area contributed by atoms with Crippen LogP contribution >= 0.6 is 23.2 Å². The molecule has 5 nitrogen and oxygen atoms in total. The maximum atomic E-state index is 13.9. The van der Waals surface area contributed by atoms with Crippen LogP contribution in [0.3, 0.4) is 0 Å². The molecule has 4 aromatic carbocycles. The number of rotatable bonds is 8. The molecule has 0 saturated carbocycles. The average Bonchev–Trinajstić information content (AvgIpc) is 2.92. The number of anilines is 2. The monoisotopic (exact) mass is 545 g/mol. The Bertz CT molecular complexity index is 1440. The van der Waals surface area contributed by atoms with Crippen molar-refractivity contribution in [1.29, 1.82) is 0 Å². The number of amides is 2. The number of nitrogens with one attached hydrogen (secondary N) is 1. The zero-order valence-corrected chi connectivity index (χ0v) is 23.0. The van der Waals surface area contributed by atoms with Gasteiger partial charge in [-0.3, -0.25) is 9.59 Å². The highest BCUT2D eigenvalue weighted by molar-refractivity contribution is 6.34. The third-order valence-electron chi connectivity index (χ3n) is 6.39. The van der Waals surface area contributed by atoms with Crippen LogP contribution in [0.15, 0.2) is 97.1 Å². The summed E-state index contributed by atoms with van der Waals surface area (Å²) in [6.07, 6.45) is 0. The van der Waals surface area contributed by atoms with E-state index in [9.17, 15) is 9.59 Å². The van der Waals surface area contributed by atoms with E-state index in [1.807, 2.05) is 74.4 Å². The van der Waals surface area contributed by atoms with Crippen LogP contribution in [0.4, 0.5) is 11.4 Å². The van der Waals surface area contributed by atoms with E-state index in [0.29, 0.717) is 33.4 Å². The fraction of sp³-hybridized carbons (Fsp3) is 0.161. The van der Waals surface area contributed by atoms with Crippen LogP contribution in [0.25, 0.3) is 0 Å². The molecule has 38 heavy (non-hydrogen) atoms. The summed E-state index contributed by atoms with van der Waals surface area (Å²) in [5.74, 6) is -0.483. The van der Waals surface area contributed by atoms with E-state index in [4.69, 9.17) is 23.2 Å². The summed E-state index contributed by atoms with van der Waals surface area (Å²) in [5, 5.41) is 3.72. The van der Waals surface area contributed by atoms with E-state index in [1.54, 1.807) is 53.4 Å². The standard InChI is InChI=1S/C31H29Cl2N3O2/c1-21(22-11-5-4-6-12-22)36(31(38)26-14-8-10-16-28(26)33)20-23-19-24(17-18-29(23)35(2)3)34-30(37)25-13-7-9-15-27(25)32/h4-19,21H,20H2,1-3H3,(H,34,37)/t21-/m1/s1. The Morgan fingerprint density at radius 1 is 0.789 bits per heavy atom. The Hall–Kier alpha value is -3.80. The summed E-state index contributed by atoms with van der Waals surface area (Å²) in [5.41, 5.74) is 4.23. The molecule has 194 valence electrons. The number of carbonyl (C=O) groups is 2. The second kappa shape index (κ2) is 12.2. The lowest BCUT2D eigenvalue weighted by Crippen LogP contribution is -2.34. The summed E-state index contributed by atoms with van der Waals surface area (Å²) < 4.78 is 0. The van der Waals surface area contributed by atoms with Crippen molar-refractivity contribution < 1.29 is 9.59 Å². The zero-order valence-electron chi connectivity index (χ0n) is 21.5. The first-order chi connectivity index (χ1) is 18.3. The number of benzene rings is 4. The van der Waals surface area contributed by atoms with Crippen LogP contribution in [-0.2, 0) is 6.54 Å². The van der Waals surface area contributed by atoms with Crippen molar-refractivity contribution in [2.45, 2.75) is 19.5 Å². The highest BCUT2D eigenvalue weighted by atomic mass is 35.5. The Labute approximate surface area is 233 Å². The molecule has 0 aliphatic rings. The molecule has 4 rings (SSSR count). The normalized spacial score (nSPS) is 11.5. The van der Waals surface area contributed by atoms with E-state index in [-0.39, 0.29) is 17.9 Å². The molecule has 0 heterocycles. The lowest BCUT2D eigenvalue weighted by molar-refractivity contribution is 0.0674. The minimum Gasteiger partial charge on any atom is -0.377 e. The van der Waals surface area contributed by atoms with Crippen LogP contribution in [-0.4, -0.2) is 30.8 Å². The molecule has 0 aromatic heterocycles. The van der Waals surface area contributed by atoms with Gasteiger partial charge in [-0.1, -0.05) is 77.8 Å². The Morgan fingerprint density at radius 2 is 1.37 bits per heavy atom. The van der Waals surface area contributed by atoms with Crippen LogP contribution in [0, 0.1) is 0 Å². The molecule has 1 atom stereocenters. The smallest absolute Gasteiger partial charge is 0.257 e. The van der Waals surface area contributed by atoms with E-state index in [0.717, 1.165) is 16.8 Å². The molecule has 0 aliphatic carbocycles. The summed E-state index contributed by atoms with van der Waals surface area (Å²) in [7, 11) is 3.89. The van der Waals surface area contributed by atoms with Gasteiger partial charge in [0.1, 0.15) is 0 Å². The van der Waals surface area contributed by atoms with Gasteiger partial charge in [0.25, 0.3) is 11.8 Å². The van der Waals surface area contributed by atoms with E-state index >= 15 is 0 Å². The van der Waals surface area contributed by atoms with Crippen molar-refractivity contribution in [3.63, 3.8) is 0 Å². The molecule has 0 unspecified atom stereocenters. The van der Waals surface area contributed by atoms with Crippen LogP contribution in [0.1, 0.15) is 44.8 Å². The summed E-state index contributed by atoms with van der Waals surface area (Å²) in [6, 6.07) is 29.3. The topological polar surface area (TPSA) is 52.7 Å². The largest absolute Gasteiger partial charge is 0.377 e. The molecular formula is C31H29Cl2N3O2. The molecule has 4 aromatic rings. The predicted molar refractivity (Wildman–Crippen MR) is 156 cm³/mol. The molecule has 0 saturated heterocycles. The van der Waals surface area contributed by atoms with Crippen molar-refractivity contribution in [3.05, 3.63) is 129 Å².